The van der Waals surface area contributed by atoms with Gasteiger partial charge >= 0.3 is 0 Å². The van der Waals surface area contributed by atoms with E-state index in [2.05, 4.69) is 43.4 Å². The van der Waals surface area contributed by atoms with Crippen LogP contribution in [0.15, 0.2) is 42.5 Å². The minimum absolute atomic E-state index is 0.274. The number of benzene rings is 2. The molecular weight excluding hydrogens is 277 g/mol. The Morgan fingerprint density at radius 2 is 1.84 bits per heavy atom. The van der Waals surface area contributed by atoms with Gasteiger partial charge in [0.2, 0.25) is 0 Å². The molecule has 0 aliphatic rings. The monoisotopic (exact) mass is 293 g/mol. The van der Waals surface area contributed by atoms with Gasteiger partial charge in [0.25, 0.3) is 0 Å². The van der Waals surface area contributed by atoms with Gasteiger partial charge in [-0.05, 0) is 48.7 Å². The van der Waals surface area contributed by atoms with E-state index in [0.717, 1.165) is 10.6 Å². The predicted molar refractivity (Wildman–Crippen MR) is 82.9 cm³/mol. The average Bonchev–Trinajstić information content (AvgIpc) is 2.40. The minimum atomic E-state index is 0.274. The van der Waals surface area contributed by atoms with Crippen LogP contribution in [0.1, 0.15) is 29.7 Å². The first-order valence-electron chi connectivity index (χ1n) is 6.31. The van der Waals surface area contributed by atoms with Crippen molar-refractivity contribution in [2.24, 2.45) is 0 Å². The summed E-state index contributed by atoms with van der Waals surface area (Å²) in [7, 11) is 0. The summed E-state index contributed by atoms with van der Waals surface area (Å²) in [5, 5.41) is 4.94. The second-order valence-electron chi connectivity index (χ2n) is 4.69. The zero-order valence-electron chi connectivity index (χ0n) is 11.1. The van der Waals surface area contributed by atoms with Gasteiger partial charge in [0.05, 0.1) is 0 Å². The molecule has 1 nitrogen and oxygen atoms in total. The Morgan fingerprint density at radius 1 is 1.11 bits per heavy atom. The summed E-state index contributed by atoms with van der Waals surface area (Å²) in [6, 6.07) is 14.2. The van der Waals surface area contributed by atoms with Crippen LogP contribution in [0.2, 0.25) is 10.0 Å². The molecule has 0 unspecified atom stereocenters. The number of aryl methyl sites for hydroxylation is 1. The lowest BCUT2D eigenvalue weighted by Gasteiger charge is -2.17. The third-order valence-electron chi connectivity index (χ3n) is 3.26. The lowest BCUT2D eigenvalue weighted by Crippen LogP contribution is -2.19. The lowest BCUT2D eigenvalue weighted by molar-refractivity contribution is 0.572. The summed E-state index contributed by atoms with van der Waals surface area (Å²) in [6.45, 7) is 4.98. The molecule has 0 bridgehead atoms. The molecule has 0 radical (unpaired) electrons. The highest BCUT2D eigenvalue weighted by molar-refractivity contribution is 6.33. The van der Waals surface area contributed by atoms with Crippen LogP contribution >= 0.6 is 23.2 Å². The fourth-order valence-electron chi connectivity index (χ4n) is 2.12. The molecule has 0 saturated carbocycles. The first kappa shape index (κ1) is 14.4. The van der Waals surface area contributed by atoms with Gasteiger partial charge in [-0.25, -0.2) is 0 Å². The molecule has 2 aromatic rings. The summed E-state index contributed by atoms with van der Waals surface area (Å²) >= 11 is 12.1. The normalized spacial score (nSPS) is 12.4. The van der Waals surface area contributed by atoms with E-state index >= 15 is 0 Å². The van der Waals surface area contributed by atoms with E-state index in [-0.39, 0.29) is 6.04 Å². The topological polar surface area (TPSA) is 12.0 Å². The van der Waals surface area contributed by atoms with E-state index in [1.807, 2.05) is 12.1 Å². The molecule has 2 rings (SSSR count). The van der Waals surface area contributed by atoms with E-state index in [0.29, 0.717) is 11.6 Å². The Labute approximate surface area is 124 Å². The maximum atomic E-state index is 6.16. The molecule has 0 aromatic heterocycles. The summed E-state index contributed by atoms with van der Waals surface area (Å²) in [5.41, 5.74) is 3.62. The van der Waals surface area contributed by atoms with Crippen molar-refractivity contribution in [3.63, 3.8) is 0 Å². The second-order valence-corrected chi connectivity index (χ2v) is 5.54. The number of nitrogens with one attached hydrogen (secondary N) is 1. The Kier molecular flexibility index (Phi) is 4.87. The zero-order chi connectivity index (χ0) is 13.8. The molecule has 2 aromatic carbocycles. The maximum Gasteiger partial charge on any atom is 0.0451 e. The number of hydrogen-bond donors (Lipinski definition) is 1. The Morgan fingerprint density at radius 3 is 2.58 bits per heavy atom. The lowest BCUT2D eigenvalue weighted by atomic mass is 10.0. The molecule has 0 heterocycles. The van der Waals surface area contributed by atoms with Crippen molar-refractivity contribution < 1.29 is 0 Å². The molecule has 0 fully saturated rings. The van der Waals surface area contributed by atoms with Crippen LogP contribution in [-0.2, 0) is 6.54 Å². The molecule has 0 amide bonds. The SMILES string of the molecule is Cc1ccccc1[C@@H](C)NCc1cc(Cl)ccc1Cl. The highest BCUT2D eigenvalue weighted by Gasteiger charge is 2.08. The fourth-order valence-corrected chi connectivity index (χ4v) is 2.50. The maximum absolute atomic E-state index is 6.16. The van der Waals surface area contributed by atoms with Gasteiger partial charge in [0.15, 0.2) is 0 Å². The van der Waals surface area contributed by atoms with E-state index < -0.39 is 0 Å². The molecular formula is C16H17Cl2N. The Bertz CT molecular complexity index is 566. The molecule has 0 saturated heterocycles. The standard InChI is InChI=1S/C16H17Cl2N/c1-11-5-3-4-6-15(11)12(2)19-10-13-9-14(17)7-8-16(13)18/h3-9,12,19H,10H2,1-2H3/t12-/m1/s1. The quantitative estimate of drug-likeness (QED) is 0.822. The van der Waals surface area contributed by atoms with E-state index in [1.165, 1.54) is 11.1 Å². The van der Waals surface area contributed by atoms with Crippen molar-refractivity contribution in [2.75, 3.05) is 0 Å². The molecule has 0 aliphatic heterocycles. The van der Waals surface area contributed by atoms with Crippen LogP contribution in [0.4, 0.5) is 0 Å². The highest BCUT2D eigenvalue weighted by atomic mass is 35.5. The van der Waals surface area contributed by atoms with Gasteiger partial charge in [-0.2, -0.15) is 0 Å². The average molecular weight is 294 g/mol. The molecule has 0 aliphatic carbocycles. The number of halogens is 2. The van der Waals surface area contributed by atoms with Crippen molar-refractivity contribution in [2.45, 2.75) is 26.4 Å². The van der Waals surface area contributed by atoms with Gasteiger partial charge in [0.1, 0.15) is 0 Å². The summed E-state index contributed by atoms with van der Waals surface area (Å²) in [4.78, 5) is 0. The van der Waals surface area contributed by atoms with Crippen molar-refractivity contribution in [3.05, 3.63) is 69.2 Å². The van der Waals surface area contributed by atoms with Crippen molar-refractivity contribution in [3.8, 4) is 0 Å². The highest BCUT2D eigenvalue weighted by Crippen LogP contribution is 2.22. The smallest absolute Gasteiger partial charge is 0.0451 e. The van der Waals surface area contributed by atoms with E-state index in [1.54, 1.807) is 6.07 Å². The third-order valence-corrected chi connectivity index (χ3v) is 3.87. The molecule has 1 N–H and O–H groups in total. The van der Waals surface area contributed by atoms with Gasteiger partial charge in [-0.1, -0.05) is 47.5 Å². The summed E-state index contributed by atoms with van der Waals surface area (Å²) < 4.78 is 0. The van der Waals surface area contributed by atoms with Gasteiger partial charge < -0.3 is 5.32 Å². The predicted octanol–water partition coefficient (Wildman–Crippen LogP) is 5.15. The van der Waals surface area contributed by atoms with Gasteiger partial charge in [-0.3, -0.25) is 0 Å². The fraction of sp³-hybridized carbons (Fsp3) is 0.250. The van der Waals surface area contributed by atoms with Crippen LogP contribution in [-0.4, -0.2) is 0 Å². The van der Waals surface area contributed by atoms with Crippen LogP contribution in [0, 0.1) is 6.92 Å². The first-order chi connectivity index (χ1) is 9.08. The summed E-state index contributed by atoms with van der Waals surface area (Å²) in [6.07, 6.45) is 0. The Hall–Kier alpha value is -1.02. The molecule has 100 valence electrons. The van der Waals surface area contributed by atoms with Crippen molar-refractivity contribution in [1.82, 2.24) is 5.32 Å². The third kappa shape index (κ3) is 3.73. The van der Waals surface area contributed by atoms with Gasteiger partial charge in [-0.15, -0.1) is 0 Å². The summed E-state index contributed by atoms with van der Waals surface area (Å²) in [5.74, 6) is 0. The molecule has 1 atom stereocenters. The number of hydrogen-bond acceptors (Lipinski definition) is 1. The minimum Gasteiger partial charge on any atom is -0.306 e. The molecule has 0 spiro atoms. The molecule has 19 heavy (non-hydrogen) atoms. The Balaban J connectivity index is 2.06. The number of rotatable bonds is 4. The van der Waals surface area contributed by atoms with Crippen LogP contribution < -0.4 is 5.32 Å². The van der Waals surface area contributed by atoms with Crippen molar-refractivity contribution >= 4 is 23.2 Å². The van der Waals surface area contributed by atoms with Crippen molar-refractivity contribution in [1.29, 1.82) is 0 Å². The van der Waals surface area contributed by atoms with E-state index in [4.69, 9.17) is 23.2 Å². The van der Waals surface area contributed by atoms with Crippen LogP contribution in [0.5, 0.6) is 0 Å². The van der Waals surface area contributed by atoms with E-state index in [9.17, 15) is 0 Å². The van der Waals surface area contributed by atoms with Crippen LogP contribution in [0.3, 0.4) is 0 Å². The molecule has 3 heteroatoms. The first-order valence-corrected chi connectivity index (χ1v) is 7.06. The zero-order valence-corrected chi connectivity index (χ0v) is 12.6. The largest absolute Gasteiger partial charge is 0.306 e. The van der Waals surface area contributed by atoms with Gasteiger partial charge in [0, 0.05) is 22.6 Å². The second kappa shape index (κ2) is 6.42. The van der Waals surface area contributed by atoms with Crippen LogP contribution in [0.25, 0.3) is 0 Å².